The molecular weight excluding hydrogens is 273 g/mol. The van der Waals surface area contributed by atoms with E-state index in [1.165, 1.54) is 17.0 Å². The van der Waals surface area contributed by atoms with Crippen LogP contribution < -0.4 is 5.32 Å². The van der Waals surface area contributed by atoms with Gasteiger partial charge < -0.3 is 5.32 Å². The zero-order valence-electron chi connectivity index (χ0n) is 9.67. The molecule has 0 atom stereocenters. The highest BCUT2D eigenvalue weighted by Crippen LogP contribution is 2.18. The van der Waals surface area contributed by atoms with E-state index in [9.17, 15) is 9.18 Å². The molecule has 2 rings (SSSR count). The highest BCUT2D eigenvalue weighted by Gasteiger charge is 2.10. The Balaban J connectivity index is 2.03. The third-order valence-electron chi connectivity index (χ3n) is 2.39. The molecule has 0 aliphatic heterocycles. The molecule has 1 heterocycles. The molecule has 0 saturated heterocycles. The number of hydrogen-bond acceptors (Lipinski definition) is 2. The summed E-state index contributed by atoms with van der Waals surface area (Å²) in [5, 5.41) is 2.87. The second-order valence-corrected chi connectivity index (χ2v) is 5.60. The van der Waals surface area contributed by atoms with E-state index in [2.05, 4.69) is 5.32 Å². The molecule has 0 fully saturated rings. The Morgan fingerprint density at radius 1 is 1.39 bits per heavy atom. The van der Waals surface area contributed by atoms with E-state index in [1.54, 1.807) is 11.3 Å². The lowest BCUT2D eigenvalue weighted by Gasteiger charge is -2.05. The number of halogens is 2. The lowest BCUT2D eigenvalue weighted by molar-refractivity contribution is 0.0951. The average molecular weight is 284 g/mol. The van der Waals surface area contributed by atoms with Gasteiger partial charge in [0.1, 0.15) is 5.82 Å². The van der Waals surface area contributed by atoms with Crippen LogP contribution in [0.5, 0.6) is 0 Å². The van der Waals surface area contributed by atoms with Crippen LogP contribution in [-0.2, 0) is 6.54 Å². The maximum absolute atomic E-state index is 12.8. The predicted molar refractivity (Wildman–Crippen MR) is 71.6 cm³/mol. The number of thiophene rings is 1. The number of nitrogens with one attached hydrogen (secondary N) is 1. The smallest absolute Gasteiger partial charge is 0.253 e. The molecule has 0 saturated carbocycles. The minimum Gasteiger partial charge on any atom is -0.347 e. The minimum absolute atomic E-state index is 0.120. The summed E-state index contributed by atoms with van der Waals surface area (Å²) in [5.74, 6) is -0.753. The number of rotatable bonds is 3. The molecule has 1 aromatic heterocycles. The Hall–Kier alpha value is -1.39. The van der Waals surface area contributed by atoms with Crippen LogP contribution in [0.25, 0.3) is 0 Å². The largest absolute Gasteiger partial charge is 0.347 e. The first-order valence-electron chi connectivity index (χ1n) is 5.35. The van der Waals surface area contributed by atoms with Gasteiger partial charge in [-0.15, -0.1) is 11.3 Å². The van der Waals surface area contributed by atoms with Gasteiger partial charge in [-0.3, -0.25) is 4.79 Å². The second kappa shape index (κ2) is 5.50. The summed E-state index contributed by atoms with van der Waals surface area (Å²) >= 11 is 7.44. The molecule has 1 N–H and O–H groups in total. The molecule has 1 aromatic carbocycles. The predicted octanol–water partition coefficient (Wildman–Crippen LogP) is 3.78. The van der Waals surface area contributed by atoms with Gasteiger partial charge in [0, 0.05) is 9.75 Å². The molecule has 0 aliphatic carbocycles. The van der Waals surface area contributed by atoms with Crippen LogP contribution in [0.15, 0.2) is 30.3 Å². The summed E-state index contributed by atoms with van der Waals surface area (Å²) in [5.41, 5.74) is 0.284. The van der Waals surface area contributed by atoms with Crippen molar-refractivity contribution in [2.45, 2.75) is 13.5 Å². The fourth-order valence-electron chi connectivity index (χ4n) is 1.52. The lowest BCUT2D eigenvalue weighted by Crippen LogP contribution is -2.22. The van der Waals surface area contributed by atoms with Crippen molar-refractivity contribution in [2.75, 3.05) is 0 Å². The van der Waals surface area contributed by atoms with Crippen LogP contribution in [-0.4, -0.2) is 5.91 Å². The summed E-state index contributed by atoms with van der Waals surface area (Å²) < 4.78 is 12.8. The van der Waals surface area contributed by atoms with E-state index >= 15 is 0 Å². The number of carbonyl (C=O) groups is 1. The van der Waals surface area contributed by atoms with Gasteiger partial charge in [0.15, 0.2) is 0 Å². The van der Waals surface area contributed by atoms with Gasteiger partial charge in [0.2, 0.25) is 0 Å². The topological polar surface area (TPSA) is 29.1 Å². The van der Waals surface area contributed by atoms with E-state index in [-0.39, 0.29) is 16.5 Å². The first kappa shape index (κ1) is 13.1. The molecule has 0 spiro atoms. The standard InChI is InChI=1S/C13H11ClFNOS/c1-8-2-4-10(18-8)7-16-13(17)11-5-3-9(15)6-12(11)14/h2-6H,7H2,1H3,(H,16,17). The Labute approximate surface area is 113 Å². The van der Waals surface area contributed by atoms with E-state index in [4.69, 9.17) is 11.6 Å². The molecule has 18 heavy (non-hydrogen) atoms. The second-order valence-electron chi connectivity index (χ2n) is 3.82. The van der Waals surface area contributed by atoms with Crippen LogP contribution in [0.3, 0.4) is 0 Å². The van der Waals surface area contributed by atoms with Gasteiger partial charge in [-0.2, -0.15) is 0 Å². The number of hydrogen-bond donors (Lipinski definition) is 1. The van der Waals surface area contributed by atoms with Crippen molar-refractivity contribution in [3.05, 3.63) is 56.5 Å². The van der Waals surface area contributed by atoms with Crippen LogP contribution in [0, 0.1) is 12.7 Å². The fraction of sp³-hybridized carbons (Fsp3) is 0.154. The number of aryl methyl sites for hydroxylation is 1. The molecule has 5 heteroatoms. The minimum atomic E-state index is -0.453. The molecule has 1 amide bonds. The van der Waals surface area contributed by atoms with Crippen molar-refractivity contribution in [2.24, 2.45) is 0 Å². The van der Waals surface area contributed by atoms with Crippen molar-refractivity contribution in [1.29, 1.82) is 0 Å². The number of benzene rings is 1. The van der Waals surface area contributed by atoms with Crippen LogP contribution in [0.4, 0.5) is 4.39 Å². The third-order valence-corrected chi connectivity index (χ3v) is 3.71. The molecule has 0 unspecified atom stereocenters. The zero-order valence-corrected chi connectivity index (χ0v) is 11.2. The molecule has 0 radical (unpaired) electrons. The third kappa shape index (κ3) is 3.09. The summed E-state index contributed by atoms with van der Waals surface area (Å²) in [6.07, 6.45) is 0. The van der Waals surface area contributed by atoms with Gasteiger partial charge in [-0.05, 0) is 37.3 Å². The van der Waals surface area contributed by atoms with Crippen molar-refractivity contribution in [1.82, 2.24) is 5.32 Å². The molecule has 0 bridgehead atoms. The first-order chi connectivity index (χ1) is 8.56. The van der Waals surface area contributed by atoms with Crippen molar-refractivity contribution in [3.63, 3.8) is 0 Å². The van der Waals surface area contributed by atoms with Gasteiger partial charge in [-0.1, -0.05) is 11.6 Å². The summed E-state index contributed by atoms with van der Waals surface area (Å²) in [7, 11) is 0. The molecular formula is C13H11ClFNOS. The Kier molecular flexibility index (Phi) is 3.99. The van der Waals surface area contributed by atoms with Crippen molar-refractivity contribution in [3.8, 4) is 0 Å². The summed E-state index contributed by atoms with van der Waals surface area (Å²) in [6.45, 7) is 2.46. The van der Waals surface area contributed by atoms with E-state index in [0.717, 1.165) is 10.9 Å². The maximum atomic E-state index is 12.8. The molecule has 2 nitrogen and oxygen atoms in total. The maximum Gasteiger partial charge on any atom is 0.253 e. The zero-order chi connectivity index (χ0) is 13.1. The van der Waals surface area contributed by atoms with Gasteiger partial charge >= 0.3 is 0 Å². The monoisotopic (exact) mass is 283 g/mol. The average Bonchev–Trinajstić information content (AvgIpc) is 2.72. The SMILES string of the molecule is Cc1ccc(CNC(=O)c2ccc(F)cc2Cl)s1. The normalized spacial score (nSPS) is 10.4. The van der Waals surface area contributed by atoms with Crippen molar-refractivity contribution >= 4 is 28.8 Å². The highest BCUT2D eigenvalue weighted by molar-refractivity contribution is 7.11. The van der Waals surface area contributed by atoms with E-state index < -0.39 is 5.82 Å². The fourth-order valence-corrected chi connectivity index (χ4v) is 2.60. The molecule has 94 valence electrons. The highest BCUT2D eigenvalue weighted by atomic mass is 35.5. The van der Waals surface area contributed by atoms with Crippen LogP contribution in [0.1, 0.15) is 20.1 Å². The van der Waals surface area contributed by atoms with E-state index in [0.29, 0.717) is 6.54 Å². The van der Waals surface area contributed by atoms with Gasteiger partial charge in [0.25, 0.3) is 5.91 Å². The summed E-state index contributed by atoms with van der Waals surface area (Å²) in [6, 6.07) is 7.69. The first-order valence-corrected chi connectivity index (χ1v) is 6.54. The van der Waals surface area contributed by atoms with Crippen LogP contribution in [0.2, 0.25) is 5.02 Å². The lowest BCUT2D eigenvalue weighted by atomic mass is 10.2. The van der Waals surface area contributed by atoms with Gasteiger partial charge in [0.05, 0.1) is 17.1 Å². The quantitative estimate of drug-likeness (QED) is 0.912. The van der Waals surface area contributed by atoms with Crippen molar-refractivity contribution < 1.29 is 9.18 Å². The van der Waals surface area contributed by atoms with Crippen LogP contribution >= 0.6 is 22.9 Å². The molecule has 0 aliphatic rings. The number of carbonyl (C=O) groups excluding carboxylic acids is 1. The Bertz CT molecular complexity index is 582. The Morgan fingerprint density at radius 3 is 2.78 bits per heavy atom. The van der Waals surface area contributed by atoms with E-state index in [1.807, 2.05) is 19.1 Å². The molecule has 2 aromatic rings. The Morgan fingerprint density at radius 2 is 2.17 bits per heavy atom. The summed E-state index contributed by atoms with van der Waals surface area (Å²) in [4.78, 5) is 14.1. The number of amides is 1. The van der Waals surface area contributed by atoms with Gasteiger partial charge in [-0.25, -0.2) is 4.39 Å².